The average Bonchev–Trinajstić information content (AvgIpc) is 2.88. The second kappa shape index (κ2) is 5.60. The summed E-state index contributed by atoms with van der Waals surface area (Å²) >= 11 is 1.33. The molecule has 1 atom stereocenters. The van der Waals surface area contributed by atoms with Gasteiger partial charge in [-0.2, -0.15) is 4.31 Å². The van der Waals surface area contributed by atoms with Crippen LogP contribution in [0.2, 0.25) is 0 Å². The van der Waals surface area contributed by atoms with Crippen LogP contribution in [-0.4, -0.2) is 36.7 Å². The summed E-state index contributed by atoms with van der Waals surface area (Å²) in [6.07, 6.45) is 1.33. The van der Waals surface area contributed by atoms with Gasteiger partial charge in [-0.25, -0.2) is 8.42 Å². The van der Waals surface area contributed by atoms with Crippen LogP contribution in [0.1, 0.15) is 25.1 Å². The molecular formula is C12H18N2O3S2. The molecule has 1 fully saturated rings. The zero-order chi connectivity index (χ0) is 14.0. The smallest absolute Gasteiger partial charge is 0.252 e. The molecule has 0 saturated carbocycles. The van der Waals surface area contributed by atoms with Crippen molar-refractivity contribution in [1.82, 2.24) is 4.31 Å². The fourth-order valence-electron chi connectivity index (χ4n) is 2.17. The number of thiophene rings is 1. The second-order valence-electron chi connectivity index (χ2n) is 4.68. The molecular weight excluding hydrogens is 284 g/mol. The first-order chi connectivity index (χ1) is 8.98. The highest BCUT2D eigenvalue weighted by molar-refractivity contribution is 7.91. The van der Waals surface area contributed by atoms with Crippen LogP contribution >= 0.6 is 11.3 Å². The van der Waals surface area contributed by atoms with Gasteiger partial charge < -0.3 is 5.21 Å². The van der Waals surface area contributed by atoms with Gasteiger partial charge in [-0.15, -0.1) is 11.3 Å². The van der Waals surface area contributed by atoms with Crippen molar-refractivity contribution in [3.8, 4) is 0 Å². The molecule has 1 unspecified atom stereocenters. The molecule has 1 aromatic rings. The minimum Gasteiger partial charge on any atom is -0.411 e. The highest BCUT2D eigenvalue weighted by Crippen LogP contribution is 2.28. The summed E-state index contributed by atoms with van der Waals surface area (Å²) in [5.74, 6) is -0.0425. The molecule has 0 spiro atoms. The van der Waals surface area contributed by atoms with Gasteiger partial charge in [-0.3, -0.25) is 0 Å². The Morgan fingerprint density at radius 2 is 2.26 bits per heavy atom. The van der Waals surface area contributed by atoms with Crippen LogP contribution in [0.25, 0.3) is 0 Å². The van der Waals surface area contributed by atoms with Gasteiger partial charge in [0.15, 0.2) is 0 Å². The summed E-state index contributed by atoms with van der Waals surface area (Å²) in [6.45, 7) is 4.64. The number of hydrogen-bond donors (Lipinski definition) is 1. The molecule has 0 aromatic carbocycles. The standard InChI is InChI=1S/C12H18N2O3S2/c1-3-10-4-5-12(18-10)19(16,17)14-7-6-11(13-15)9(2)8-14/h4-5,9,15H,3,6-8H2,1-2H3/b13-11-. The number of piperidine rings is 1. The van der Waals surface area contributed by atoms with Gasteiger partial charge in [0.1, 0.15) is 4.21 Å². The van der Waals surface area contributed by atoms with Gasteiger partial charge >= 0.3 is 0 Å². The summed E-state index contributed by atoms with van der Waals surface area (Å²) in [5, 5.41) is 12.1. The van der Waals surface area contributed by atoms with Crippen molar-refractivity contribution in [3.05, 3.63) is 17.0 Å². The van der Waals surface area contributed by atoms with Crippen molar-refractivity contribution in [2.75, 3.05) is 13.1 Å². The lowest BCUT2D eigenvalue weighted by Gasteiger charge is -2.30. The lowest BCUT2D eigenvalue weighted by atomic mass is 10.00. The molecule has 1 N–H and O–H groups in total. The molecule has 19 heavy (non-hydrogen) atoms. The van der Waals surface area contributed by atoms with Gasteiger partial charge in [-0.1, -0.05) is 19.0 Å². The first kappa shape index (κ1) is 14.5. The van der Waals surface area contributed by atoms with Crippen molar-refractivity contribution >= 4 is 27.1 Å². The molecule has 1 aliphatic heterocycles. The molecule has 7 heteroatoms. The zero-order valence-electron chi connectivity index (χ0n) is 11.0. The molecule has 1 aromatic heterocycles. The molecule has 1 aliphatic rings. The molecule has 1 saturated heterocycles. The maximum atomic E-state index is 12.5. The van der Waals surface area contributed by atoms with Gasteiger partial charge in [0, 0.05) is 30.3 Å². The molecule has 0 amide bonds. The Labute approximate surface area is 117 Å². The van der Waals surface area contributed by atoms with Crippen LogP contribution in [0.15, 0.2) is 21.5 Å². The minimum atomic E-state index is -3.40. The summed E-state index contributed by atoms with van der Waals surface area (Å²) in [7, 11) is -3.40. The summed E-state index contributed by atoms with van der Waals surface area (Å²) in [5.41, 5.74) is 0.673. The predicted molar refractivity (Wildman–Crippen MR) is 75.5 cm³/mol. The van der Waals surface area contributed by atoms with E-state index in [-0.39, 0.29) is 5.92 Å². The Kier molecular flexibility index (Phi) is 4.27. The van der Waals surface area contributed by atoms with Crippen LogP contribution in [0.3, 0.4) is 0 Å². The fraction of sp³-hybridized carbons (Fsp3) is 0.583. The lowest BCUT2D eigenvalue weighted by molar-refractivity contribution is 0.300. The first-order valence-corrected chi connectivity index (χ1v) is 8.54. The third-order valence-corrected chi connectivity index (χ3v) is 6.93. The van der Waals surface area contributed by atoms with E-state index in [0.717, 1.165) is 11.3 Å². The summed E-state index contributed by atoms with van der Waals surface area (Å²) in [6, 6.07) is 3.55. The normalized spacial score (nSPS) is 23.9. The number of aryl methyl sites for hydroxylation is 1. The predicted octanol–water partition coefficient (Wildman–Crippen LogP) is 2.17. The third-order valence-electron chi connectivity index (χ3n) is 3.37. The Morgan fingerprint density at radius 3 is 2.79 bits per heavy atom. The van der Waals surface area contributed by atoms with Gasteiger partial charge in [0.2, 0.25) is 0 Å². The van der Waals surface area contributed by atoms with E-state index >= 15 is 0 Å². The van der Waals surface area contributed by atoms with Gasteiger partial charge in [0.25, 0.3) is 10.0 Å². The van der Waals surface area contributed by atoms with Crippen molar-refractivity contribution < 1.29 is 13.6 Å². The average molecular weight is 302 g/mol. The quantitative estimate of drug-likeness (QED) is 0.687. The van der Waals surface area contributed by atoms with Crippen LogP contribution in [0.5, 0.6) is 0 Å². The summed E-state index contributed by atoms with van der Waals surface area (Å²) in [4.78, 5) is 1.07. The minimum absolute atomic E-state index is 0.0425. The van der Waals surface area contributed by atoms with Crippen molar-refractivity contribution in [2.45, 2.75) is 30.9 Å². The topological polar surface area (TPSA) is 70.0 Å². The maximum absolute atomic E-state index is 12.5. The highest BCUT2D eigenvalue weighted by Gasteiger charge is 2.32. The number of nitrogens with zero attached hydrogens (tertiary/aromatic N) is 2. The molecule has 0 aliphatic carbocycles. The van der Waals surface area contributed by atoms with E-state index in [2.05, 4.69) is 5.16 Å². The zero-order valence-corrected chi connectivity index (χ0v) is 12.7. The highest BCUT2D eigenvalue weighted by atomic mass is 32.2. The van der Waals surface area contributed by atoms with E-state index in [1.54, 1.807) is 6.07 Å². The van der Waals surface area contributed by atoms with Gasteiger partial charge in [0.05, 0.1) is 5.71 Å². The van der Waals surface area contributed by atoms with E-state index in [4.69, 9.17) is 5.21 Å². The summed E-state index contributed by atoms with van der Waals surface area (Å²) < 4.78 is 26.9. The van der Waals surface area contributed by atoms with E-state index < -0.39 is 10.0 Å². The van der Waals surface area contributed by atoms with E-state index in [1.807, 2.05) is 19.9 Å². The Bertz CT molecular complexity index is 578. The van der Waals surface area contributed by atoms with E-state index in [1.165, 1.54) is 15.6 Å². The Hall–Kier alpha value is -0.920. The third kappa shape index (κ3) is 2.82. The Balaban J connectivity index is 2.21. The second-order valence-corrected chi connectivity index (χ2v) is 8.01. The lowest BCUT2D eigenvalue weighted by Crippen LogP contribution is -2.42. The number of rotatable bonds is 3. The molecule has 106 valence electrons. The Morgan fingerprint density at radius 1 is 1.53 bits per heavy atom. The van der Waals surface area contributed by atoms with E-state index in [0.29, 0.717) is 29.4 Å². The SMILES string of the molecule is CCc1ccc(S(=O)(=O)N2CC/C(=N/O)C(C)C2)s1. The number of hydrogen-bond acceptors (Lipinski definition) is 5. The number of oxime groups is 1. The molecule has 2 rings (SSSR count). The maximum Gasteiger partial charge on any atom is 0.252 e. The molecule has 0 radical (unpaired) electrons. The van der Waals surface area contributed by atoms with Crippen molar-refractivity contribution in [2.24, 2.45) is 11.1 Å². The van der Waals surface area contributed by atoms with Crippen molar-refractivity contribution in [3.63, 3.8) is 0 Å². The molecule has 2 heterocycles. The first-order valence-electron chi connectivity index (χ1n) is 6.28. The van der Waals surface area contributed by atoms with Crippen LogP contribution in [0.4, 0.5) is 0 Å². The van der Waals surface area contributed by atoms with Crippen LogP contribution < -0.4 is 0 Å². The molecule has 0 bridgehead atoms. The number of sulfonamides is 1. The van der Waals surface area contributed by atoms with Gasteiger partial charge in [-0.05, 0) is 18.6 Å². The van der Waals surface area contributed by atoms with E-state index in [9.17, 15) is 8.42 Å². The monoisotopic (exact) mass is 302 g/mol. The van der Waals surface area contributed by atoms with Crippen LogP contribution in [0, 0.1) is 5.92 Å². The van der Waals surface area contributed by atoms with Crippen molar-refractivity contribution in [1.29, 1.82) is 0 Å². The van der Waals surface area contributed by atoms with Crippen LogP contribution in [-0.2, 0) is 16.4 Å². The largest absolute Gasteiger partial charge is 0.411 e. The molecule has 5 nitrogen and oxygen atoms in total. The fourth-order valence-corrected chi connectivity index (χ4v) is 5.15.